The summed E-state index contributed by atoms with van der Waals surface area (Å²) < 4.78 is 1.24. The highest BCUT2D eigenvalue weighted by atomic mass is 32.1. The minimum atomic E-state index is 0.271. The van der Waals surface area contributed by atoms with Gasteiger partial charge in [0, 0.05) is 19.0 Å². The molecule has 27 heavy (non-hydrogen) atoms. The van der Waals surface area contributed by atoms with Gasteiger partial charge in [-0.2, -0.15) is 0 Å². The zero-order valence-electron chi connectivity index (χ0n) is 15.9. The first-order valence-electron chi connectivity index (χ1n) is 9.57. The standard InChI is InChI=1S/C21H25N3OS2/c1-15-9-11-26-19(15)13-23(2)14-20(25)24-10-5-6-16(12-24)21-22-17-7-3-4-8-18(17)27-21/h3-4,7-9,11,16H,5-6,10,12-14H2,1-2H3/p+1/t16-/m0/s1. The van der Waals surface area contributed by atoms with Crippen molar-refractivity contribution in [2.75, 3.05) is 26.7 Å². The van der Waals surface area contributed by atoms with Crippen LogP contribution in [0.4, 0.5) is 0 Å². The molecule has 1 aromatic carbocycles. The van der Waals surface area contributed by atoms with Gasteiger partial charge in [-0.1, -0.05) is 12.1 Å². The fourth-order valence-electron chi connectivity index (χ4n) is 3.76. The van der Waals surface area contributed by atoms with Crippen molar-refractivity contribution in [3.63, 3.8) is 0 Å². The van der Waals surface area contributed by atoms with Crippen LogP contribution in [-0.2, 0) is 11.3 Å². The predicted octanol–water partition coefficient (Wildman–Crippen LogP) is 3.09. The summed E-state index contributed by atoms with van der Waals surface area (Å²) in [5.74, 6) is 0.646. The quantitative estimate of drug-likeness (QED) is 0.715. The predicted molar refractivity (Wildman–Crippen MR) is 113 cm³/mol. The van der Waals surface area contributed by atoms with Gasteiger partial charge in [-0.05, 0) is 48.9 Å². The Hall–Kier alpha value is -1.76. The van der Waals surface area contributed by atoms with Gasteiger partial charge < -0.3 is 9.80 Å². The van der Waals surface area contributed by atoms with Gasteiger partial charge in [0.15, 0.2) is 6.54 Å². The van der Waals surface area contributed by atoms with E-state index < -0.39 is 0 Å². The number of hydrogen-bond donors (Lipinski definition) is 1. The van der Waals surface area contributed by atoms with Crippen molar-refractivity contribution in [1.29, 1.82) is 0 Å². The number of carbonyl (C=O) groups excluding carboxylic acids is 1. The van der Waals surface area contributed by atoms with Crippen molar-refractivity contribution in [1.82, 2.24) is 9.88 Å². The second-order valence-electron chi connectivity index (χ2n) is 7.54. The van der Waals surface area contributed by atoms with Gasteiger partial charge in [0.05, 0.1) is 27.1 Å². The van der Waals surface area contributed by atoms with Crippen LogP contribution in [0.3, 0.4) is 0 Å². The average molecular weight is 401 g/mol. The number of piperidine rings is 1. The maximum atomic E-state index is 12.9. The van der Waals surface area contributed by atoms with E-state index in [0.29, 0.717) is 12.5 Å². The molecular weight excluding hydrogens is 374 g/mol. The number of likely N-dealkylation sites (tertiary alicyclic amines) is 1. The summed E-state index contributed by atoms with van der Waals surface area (Å²) in [4.78, 5) is 22.4. The van der Waals surface area contributed by atoms with Crippen LogP contribution in [0.25, 0.3) is 10.2 Å². The van der Waals surface area contributed by atoms with E-state index in [2.05, 4.69) is 48.5 Å². The van der Waals surface area contributed by atoms with Crippen molar-refractivity contribution in [3.05, 3.63) is 51.2 Å². The number of carbonyl (C=O) groups is 1. The molecule has 2 atom stereocenters. The van der Waals surface area contributed by atoms with Crippen LogP contribution < -0.4 is 4.90 Å². The lowest BCUT2D eigenvalue weighted by atomic mass is 9.98. The van der Waals surface area contributed by atoms with Crippen LogP contribution in [0.15, 0.2) is 35.7 Å². The second-order valence-corrected chi connectivity index (χ2v) is 9.60. The Morgan fingerprint density at radius 3 is 2.96 bits per heavy atom. The van der Waals surface area contributed by atoms with Crippen molar-refractivity contribution >= 4 is 38.8 Å². The minimum Gasteiger partial charge on any atom is -0.337 e. The molecular formula is C21H26N3OS2+. The van der Waals surface area contributed by atoms with Gasteiger partial charge in [0.2, 0.25) is 0 Å². The highest BCUT2D eigenvalue weighted by Gasteiger charge is 2.28. The van der Waals surface area contributed by atoms with Crippen LogP contribution in [0.5, 0.6) is 0 Å². The molecule has 1 saturated heterocycles. The fraction of sp³-hybridized carbons (Fsp3) is 0.429. The lowest BCUT2D eigenvalue weighted by Gasteiger charge is -2.32. The Labute approximate surface area is 168 Å². The topological polar surface area (TPSA) is 37.6 Å². The van der Waals surface area contributed by atoms with Crippen molar-refractivity contribution in [2.24, 2.45) is 0 Å². The van der Waals surface area contributed by atoms with Gasteiger partial charge in [-0.15, -0.1) is 22.7 Å². The van der Waals surface area contributed by atoms with E-state index in [1.54, 1.807) is 22.7 Å². The molecule has 1 aliphatic heterocycles. The Kier molecular flexibility index (Phi) is 5.57. The number of rotatable bonds is 5. The lowest BCUT2D eigenvalue weighted by Crippen LogP contribution is -3.08. The Morgan fingerprint density at radius 1 is 1.33 bits per heavy atom. The molecule has 1 amide bonds. The molecule has 1 unspecified atom stereocenters. The molecule has 142 valence electrons. The summed E-state index contributed by atoms with van der Waals surface area (Å²) in [6, 6.07) is 10.5. The molecule has 4 nitrogen and oxygen atoms in total. The third kappa shape index (κ3) is 4.23. The Balaban J connectivity index is 1.38. The largest absolute Gasteiger partial charge is 0.337 e. The number of amides is 1. The number of thiazole rings is 1. The van der Waals surface area contributed by atoms with Gasteiger partial charge in [-0.3, -0.25) is 4.79 Å². The number of aromatic nitrogens is 1. The van der Waals surface area contributed by atoms with Crippen LogP contribution in [-0.4, -0.2) is 42.5 Å². The van der Waals surface area contributed by atoms with E-state index in [-0.39, 0.29) is 5.91 Å². The highest BCUT2D eigenvalue weighted by molar-refractivity contribution is 7.18. The minimum absolute atomic E-state index is 0.271. The van der Waals surface area contributed by atoms with Gasteiger partial charge in [0.1, 0.15) is 6.54 Å². The van der Waals surface area contributed by atoms with Crippen LogP contribution >= 0.6 is 22.7 Å². The second kappa shape index (κ2) is 8.09. The summed E-state index contributed by atoms with van der Waals surface area (Å²) in [6.45, 7) is 5.32. The summed E-state index contributed by atoms with van der Waals surface area (Å²) >= 11 is 3.57. The molecule has 6 heteroatoms. The number of likely N-dealkylation sites (N-methyl/N-ethyl adjacent to an activating group) is 1. The Bertz CT molecular complexity index is 899. The molecule has 4 rings (SSSR count). The highest BCUT2D eigenvalue weighted by Crippen LogP contribution is 2.32. The van der Waals surface area contributed by atoms with Gasteiger partial charge in [0.25, 0.3) is 5.91 Å². The summed E-state index contributed by atoms with van der Waals surface area (Å²) in [5, 5.41) is 3.32. The maximum absolute atomic E-state index is 12.9. The number of fused-ring (bicyclic) bond motifs is 1. The molecule has 3 heterocycles. The monoisotopic (exact) mass is 400 g/mol. The van der Waals surface area contributed by atoms with Gasteiger partial charge >= 0.3 is 0 Å². The summed E-state index contributed by atoms with van der Waals surface area (Å²) in [5.41, 5.74) is 2.41. The summed E-state index contributed by atoms with van der Waals surface area (Å²) in [7, 11) is 2.12. The number of aryl methyl sites for hydroxylation is 1. The van der Waals surface area contributed by atoms with Crippen LogP contribution in [0, 0.1) is 6.92 Å². The van der Waals surface area contributed by atoms with E-state index in [1.807, 2.05) is 6.07 Å². The molecule has 0 spiro atoms. The molecule has 0 bridgehead atoms. The van der Waals surface area contributed by atoms with E-state index >= 15 is 0 Å². The molecule has 1 N–H and O–H groups in total. The van der Waals surface area contributed by atoms with E-state index in [9.17, 15) is 4.79 Å². The first kappa shape index (κ1) is 18.6. The molecule has 1 aliphatic rings. The number of hydrogen-bond acceptors (Lipinski definition) is 4. The van der Waals surface area contributed by atoms with Crippen LogP contribution in [0.1, 0.15) is 34.2 Å². The van der Waals surface area contributed by atoms with Gasteiger partial charge in [-0.25, -0.2) is 4.98 Å². The number of benzene rings is 1. The first-order chi connectivity index (χ1) is 13.1. The zero-order valence-corrected chi connectivity index (χ0v) is 17.5. The zero-order chi connectivity index (χ0) is 18.8. The molecule has 0 aliphatic carbocycles. The SMILES string of the molecule is Cc1ccsc1C[NH+](C)CC(=O)N1CCC[C@H](c2nc3ccccc3s2)C1. The van der Waals surface area contributed by atoms with Crippen LogP contribution in [0.2, 0.25) is 0 Å². The van der Waals surface area contributed by atoms with Crippen molar-refractivity contribution in [3.8, 4) is 0 Å². The number of nitrogens with one attached hydrogen (secondary N) is 1. The number of nitrogens with zero attached hydrogens (tertiary/aromatic N) is 2. The molecule has 1 fully saturated rings. The lowest BCUT2D eigenvalue weighted by molar-refractivity contribution is -0.885. The number of para-hydroxylation sites is 1. The van der Waals surface area contributed by atoms with E-state index in [0.717, 1.165) is 38.0 Å². The first-order valence-corrected chi connectivity index (χ1v) is 11.3. The molecule has 3 aromatic rings. The third-order valence-electron chi connectivity index (χ3n) is 5.32. The molecule has 0 radical (unpaired) electrons. The Morgan fingerprint density at radius 2 is 2.19 bits per heavy atom. The smallest absolute Gasteiger partial charge is 0.277 e. The molecule has 0 saturated carbocycles. The maximum Gasteiger partial charge on any atom is 0.277 e. The average Bonchev–Trinajstić information content (AvgIpc) is 3.28. The van der Waals surface area contributed by atoms with E-state index in [4.69, 9.17) is 4.98 Å². The molecule has 2 aromatic heterocycles. The number of quaternary nitrogens is 1. The number of thiophene rings is 1. The third-order valence-corrected chi connectivity index (χ3v) is 7.54. The summed E-state index contributed by atoms with van der Waals surface area (Å²) in [6.07, 6.45) is 2.19. The fourth-order valence-corrected chi connectivity index (χ4v) is 5.87. The van der Waals surface area contributed by atoms with Crippen molar-refractivity contribution < 1.29 is 9.69 Å². The normalized spacial score (nSPS) is 18.7. The van der Waals surface area contributed by atoms with E-state index in [1.165, 1.54) is 25.0 Å². The van der Waals surface area contributed by atoms with Crippen molar-refractivity contribution in [2.45, 2.75) is 32.2 Å².